The zero-order valence-corrected chi connectivity index (χ0v) is 10.8. The lowest BCUT2D eigenvalue weighted by molar-refractivity contribution is -0.286. The van der Waals surface area contributed by atoms with E-state index in [9.17, 15) is 8.78 Å². The van der Waals surface area contributed by atoms with E-state index in [0.29, 0.717) is 12.2 Å². The molecule has 0 radical (unpaired) electrons. The van der Waals surface area contributed by atoms with E-state index in [1.54, 1.807) is 12.3 Å². The number of hydrogen-bond acceptors (Lipinski definition) is 4. The number of benzene rings is 1. The van der Waals surface area contributed by atoms with Crippen molar-refractivity contribution in [3.05, 3.63) is 36.4 Å². The van der Waals surface area contributed by atoms with Gasteiger partial charge in [-0.2, -0.15) is 0 Å². The summed E-state index contributed by atoms with van der Waals surface area (Å²) in [5, 5.41) is 3.12. The van der Waals surface area contributed by atoms with Gasteiger partial charge in [-0.25, -0.2) is 4.98 Å². The van der Waals surface area contributed by atoms with Crippen molar-refractivity contribution in [1.29, 1.82) is 0 Å². The smallest absolute Gasteiger partial charge is 0.395 e. The van der Waals surface area contributed by atoms with Crippen LogP contribution in [0.5, 0.6) is 11.5 Å². The molecule has 7 heteroatoms. The maximum Gasteiger partial charge on any atom is 0.586 e. The molecule has 2 aromatic rings. The minimum Gasteiger partial charge on any atom is -0.395 e. The van der Waals surface area contributed by atoms with E-state index in [-0.39, 0.29) is 11.5 Å². The highest BCUT2D eigenvalue weighted by molar-refractivity contribution is 5.55. The summed E-state index contributed by atoms with van der Waals surface area (Å²) in [6, 6.07) is 4.59. The molecule has 5 nitrogen and oxygen atoms in total. The Kier molecular flexibility index (Phi) is 2.96. The number of hydrogen-bond donors (Lipinski definition) is 1. The first-order chi connectivity index (χ1) is 9.57. The second-order valence-corrected chi connectivity index (χ2v) is 4.31. The Hall–Kier alpha value is -2.31. The van der Waals surface area contributed by atoms with E-state index < -0.39 is 6.29 Å². The van der Waals surface area contributed by atoms with Crippen molar-refractivity contribution in [3.63, 3.8) is 0 Å². The summed E-state index contributed by atoms with van der Waals surface area (Å²) in [4.78, 5) is 4.22. The third kappa shape index (κ3) is 2.38. The zero-order valence-electron chi connectivity index (χ0n) is 10.8. The molecule has 0 amide bonds. The van der Waals surface area contributed by atoms with Crippen LogP contribution in [0.15, 0.2) is 30.6 Å². The van der Waals surface area contributed by atoms with E-state index in [0.717, 1.165) is 12.4 Å². The van der Waals surface area contributed by atoms with E-state index in [1.807, 2.05) is 17.7 Å². The topological polar surface area (TPSA) is 48.3 Å². The molecule has 1 aromatic heterocycles. The average molecular weight is 281 g/mol. The molecule has 1 aromatic carbocycles. The number of aromatic nitrogens is 2. The number of alkyl halides is 2. The summed E-state index contributed by atoms with van der Waals surface area (Å²) in [6.07, 6.45) is 0.0251. The molecular weight excluding hydrogens is 268 g/mol. The van der Waals surface area contributed by atoms with Crippen LogP contribution in [0.3, 0.4) is 0 Å². The molecule has 0 bridgehead atoms. The summed E-state index contributed by atoms with van der Waals surface area (Å²) >= 11 is 0. The lowest BCUT2D eigenvalue weighted by atomic mass is 10.3. The van der Waals surface area contributed by atoms with Crippen LogP contribution in [0.25, 0.3) is 0 Å². The molecule has 0 fully saturated rings. The maximum absolute atomic E-state index is 12.9. The van der Waals surface area contributed by atoms with E-state index in [1.165, 1.54) is 12.1 Å². The number of aryl methyl sites for hydroxylation is 1. The Morgan fingerprint density at radius 2 is 2.10 bits per heavy atom. The van der Waals surface area contributed by atoms with Gasteiger partial charge in [0.25, 0.3) is 0 Å². The first kappa shape index (κ1) is 12.7. The molecule has 0 saturated heterocycles. The number of fused-ring (bicyclic) bond motifs is 1. The van der Waals surface area contributed by atoms with Gasteiger partial charge in [0.05, 0.1) is 6.54 Å². The van der Waals surface area contributed by atoms with Gasteiger partial charge in [0.1, 0.15) is 5.82 Å². The summed E-state index contributed by atoms with van der Waals surface area (Å²) in [5.74, 6) is 0.935. The van der Waals surface area contributed by atoms with Crippen molar-refractivity contribution in [1.82, 2.24) is 9.55 Å². The maximum atomic E-state index is 12.9. The van der Waals surface area contributed by atoms with Crippen LogP contribution in [-0.4, -0.2) is 15.8 Å². The van der Waals surface area contributed by atoms with Crippen LogP contribution in [0.1, 0.15) is 12.7 Å². The second-order valence-electron chi connectivity index (χ2n) is 4.31. The Morgan fingerprint density at radius 3 is 2.90 bits per heavy atom. The molecule has 0 aliphatic carbocycles. The van der Waals surface area contributed by atoms with Crippen molar-refractivity contribution in [2.24, 2.45) is 0 Å². The molecular formula is C13H13F2N3O2. The van der Waals surface area contributed by atoms with Crippen LogP contribution in [0.4, 0.5) is 14.5 Å². The number of imidazole rings is 1. The molecule has 106 valence electrons. The van der Waals surface area contributed by atoms with Gasteiger partial charge in [0.15, 0.2) is 11.5 Å². The number of nitrogens with one attached hydrogen (secondary N) is 1. The van der Waals surface area contributed by atoms with Crippen molar-refractivity contribution in [2.45, 2.75) is 26.3 Å². The number of ether oxygens (including phenoxy) is 2. The Labute approximate surface area is 114 Å². The van der Waals surface area contributed by atoms with Gasteiger partial charge in [0, 0.05) is 30.7 Å². The molecule has 0 saturated carbocycles. The highest BCUT2D eigenvalue weighted by Gasteiger charge is 2.43. The first-order valence-corrected chi connectivity index (χ1v) is 6.21. The van der Waals surface area contributed by atoms with Crippen LogP contribution < -0.4 is 14.8 Å². The molecule has 1 aliphatic rings. The third-order valence-electron chi connectivity index (χ3n) is 2.99. The molecule has 2 heterocycles. The fraction of sp³-hybridized carbons (Fsp3) is 0.308. The second kappa shape index (κ2) is 4.66. The molecule has 3 rings (SSSR count). The molecule has 1 N–H and O–H groups in total. The highest BCUT2D eigenvalue weighted by atomic mass is 19.3. The van der Waals surface area contributed by atoms with Gasteiger partial charge >= 0.3 is 6.29 Å². The normalized spacial score (nSPS) is 15.3. The molecule has 0 atom stereocenters. The van der Waals surface area contributed by atoms with Gasteiger partial charge in [-0.3, -0.25) is 0 Å². The number of nitrogens with zero attached hydrogens (tertiary/aromatic N) is 2. The van der Waals surface area contributed by atoms with E-state index in [2.05, 4.69) is 19.8 Å². The highest BCUT2D eigenvalue weighted by Crippen LogP contribution is 2.42. The molecule has 0 spiro atoms. The first-order valence-electron chi connectivity index (χ1n) is 6.21. The van der Waals surface area contributed by atoms with Crippen molar-refractivity contribution < 1.29 is 18.3 Å². The van der Waals surface area contributed by atoms with Crippen LogP contribution in [0, 0.1) is 0 Å². The monoisotopic (exact) mass is 281 g/mol. The molecule has 1 aliphatic heterocycles. The lowest BCUT2D eigenvalue weighted by Crippen LogP contribution is -2.25. The number of halogens is 2. The number of rotatable bonds is 4. The standard InChI is InChI=1S/C13H13F2N3O2/c1-2-18-6-5-16-12(18)8-17-9-3-4-10-11(7-9)20-13(14,15)19-10/h3-7,17H,2,8H2,1H3. The summed E-state index contributed by atoms with van der Waals surface area (Å²) in [7, 11) is 0. The Balaban J connectivity index is 1.71. The summed E-state index contributed by atoms with van der Waals surface area (Å²) in [5.41, 5.74) is 0.663. The minimum atomic E-state index is -3.58. The van der Waals surface area contributed by atoms with Gasteiger partial charge in [-0.05, 0) is 19.1 Å². The van der Waals surface area contributed by atoms with Gasteiger partial charge in [-0.1, -0.05) is 0 Å². The predicted molar refractivity (Wildman–Crippen MR) is 67.9 cm³/mol. The Morgan fingerprint density at radius 1 is 1.30 bits per heavy atom. The number of anilines is 1. The van der Waals surface area contributed by atoms with Crippen LogP contribution >= 0.6 is 0 Å². The minimum absolute atomic E-state index is 0.0267. The third-order valence-corrected chi connectivity index (χ3v) is 2.99. The van der Waals surface area contributed by atoms with Crippen LogP contribution in [-0.2, 0) is 13.1 Å². The van der Waals surface area contributed by atoms with Crippen molar-refractivity contribution in [3.8, 4) is 11.5 Å². The predicted octanol–water partition coefficient (Wildman–Crippen LogP) is 2.84. The largest absolute Gasteiger partial charge is 0.586 e. The molecule has 20 heavy (non-hydrogen) atoms. The fourth-order valence-corrected chi connectivity index (χ4v) is 2.04. The van der Waals surface area contributed by atoms with Crippen molar-refractivity contribution in [2.75, 3.05) is 5.32 Å². The summed E-state index contributed by atoms with van der Waals surface area (Å²) in [6.45, 7) is 3.34. The fourth-order valence-electron chi connectivity index (χ4n) is 2.04. The van der Waals surface area contributed by atoms with Gasteiger partial charge in [0.2, 0.25) is 0 Å². The average Bonchev–Trinajstić information content (AvgIpc) is 2.97. The molecule has 0 unspecified atom stereocenters. The van der Waals surface area contributed by atoms with Crippen LogP contribution in [0.2, 0.25) is 0 Å². The zero-order chi connectivity index (χ0) is 14.2. The Bertz CT molecular complexity index is 628. The SMILES string of the molecule is CCn1ccnc1CNc1ccc2c(c1)OC(F)(F)O2. The quantitative estimate of drug-likeness (QED) is 0.936. The van der Waals surface area contributed by atoms with E-state index in [4.69, 9.17) is 0 Å². The summed E-state index contributed by atoms with van der Waals surface area (Å²) < 4.78 is 36.5. The van der Waals surface area contributed by atoms with Crippen molar-refractivity contribution >= 4 is 5.69 Å². The van der Waals surface area contributed by atoms with Gasteiger partial charge < -0.3 is 19.4 Å². The van der Waals surface area contributed by atoms with E-state index >= 15 is 0 Å². The lowest BCUT2D eigenvalue weighted by Gasteiger charge is -2.08. The van der Waals surface area contributed by atoms with Gasteiger partial charge in [-0.15, -0.1) is 8.78 Å².